The van der Waals surface area contributed by atoms with Gasteiger partial charge in [0.25, 0.3) is 0 Å². The summed E-state index contributed by atoms with van der Waals surface area (Å²) < 4.78 is 6.02. The number of hydrogen-bond acceptors (Lipinski definition) is 6. The minimum absolute atomic E-state index is 0.105. The molecular formula is C15H10Br2N4O2. The summed E-state index contributed by atoms with van der Waals surface area (Å²) in [5.74, 6) is -0.346. The van der Waals surface area contributed by atoms with Gasteiger partial charge in [0.2, 0.25) is 0 Å². The van der Waals surface area contributed by atoms with Crippen LogP contribution in [0.1, 0.15) is 12.5 Å². The van der Waals surface area contributed by atoms with E-state index in [9.17, 15) is 4.79 Å². The number of rotatable bonds is 5. The van der Waals surface area contributed by atoms with Crippen molar-refractivity contribution in [3.8, 4) is 18.2 Å². The summed E-state index contributed by atoms with van der Waals surface area (Å²) in [6, 6.07) is 8.47. The van der Waals surface area contributed by atoms with Crippen LogP contribution in [0.5, 0.6) is 0 Å². The number of anilines is 1. The predicted octanol–water partition coefficient (Wildman–Crippen LogP) is 3.55. The maximum absolute atomic E-state index is 11.5. The molecule has 116 valence electrons. The van der Waals surface area contributed by atoms with Crippen molar-refractivity contribution in [3.63, 3.8) is 0 Å². The number of hydrogen-bond donors (Lipinski definition) is 1. The number of nitrogens with zero attached hydrogens (tertiary/aromatic N) is 3. The summed E-state index contributed by atoms with van der Waals surface area (Å²) in [6.45, 7) is 2.04. The molecule has 0 radical (unpaired) electrons. The third-order valence-corrected chi connectivity index (χ3v) is 3.84. The molecule has 1 rings (SSSR count). The molecule has 0 fully saturated rings. The fraction of sp³-hybridized carbons (Fsp3) is 0.200. The summed E-state index contributed by atoms with van der Waals surface area (Å²) in [5, 5.41) is 29.5. The second-order valence-electron chi connectivity index (χ2n) is 4.13. The number of esters is 1. The van der Waals surface area contributed by atoms with E-state index in [0.29, 0.717) is 26.8 Å². The molecule has 1 aromatic rings. The number of allylic oxidation sites excluding steroid dienone is 2. The standard InChI is InChI=1S/C15H10Br2N4O2/c1-2-23-14(22)5-9-3-11(16)15(12(17)4-9)21-13(8-20)10(6-18)7-19/h3-4,21H,2,5H2,1H3. The molecule has 0 aliphatic carbocycles. The number of nitrogens with one attached hydrogen (secondary N) is 1. The van der Waals surface area contributed by atoms with Gasteiger partial charge in [0.1, 0.15) is 23.9 Å². The van der Waals surface area contributed by atoms with Crippen LogP contribution in [0, 0.1) is 34.0 Å². The van der Waals surface area contributed by atoms with Gasteiger partial charge in [0.05, 0.1) is 18.7 Å². The summed E-state index contributed by atoms with van der Waals surface area (Å²) in [7, 11) is 0. The highest BCUT2D eigenvalue weighted by molar-refractivity contribution is 9.11. The summed E-state index contributed by atoms with van der Waals surface area (Å²) >= 11 is 6.67. The van der Waals surface area contributed by atoms with Crippen molar-refractivity contribution in [2.75, 3.05) is 11.9 Å². The first-order chi connectivity index (χ1) is 11.0. The van der Waals surface area contributed by atoms with Crippen LogP contribution in [0.3, 0.4) is 0 Å². The third kappa shape index (κ3) is 5.10. The second-order valence-corrected chi connectivity index (χ2v) is 5.84. The molecule has 23 heavy (non-hydrogen) atoms. The van der Waals surface area contributed by atoms with E-state index in [4.69, 9.17) is 20.5 Å². The normalized spacial score (nSPS) is 9.04. The van der Waals surface area contributed by atoms with Gasteiger partial charge in [-0.05, 0) is 56.5 Å². The van der Waals surface area contributed by atoms with Crippen LogP contribution in [0.25, 0.3) is 0 Å². The monoisotopic (exact) mass is 436 g/mol. The highest BCUT2D eigenvalue weighted by Crippen LogP contribution is 2.34. The quantitative estimate of drug-likeness (QED) is 0.557. The lowest BCUT2D eigenvalue weighted by Gasteiger charge is -2.12. The van der Waals surface area contributed by atoms with Gasteiger partial charge in [-0.2, -0.15) is 15.8 Å². The fourth-order valence-electron chi connectivity index (χ4n) is 1.63. The summed E-state index contributed by atoms with van der Waals surface area (Å²) in [4.78, 5) is 11.5. The average molecular weight is 438 g/mol. The molecule has 6 nitrogen and oxygen atoms in total. The first-order valence-corrected chi connectivity index (χ1v) is 7.90. The van der Waals surface area contributed by atoms with Crippen LogP contribution in [-0.2, 0) is 16.0 Å². The Morgan fingerprint density at radius 1 is 1.17 bits per heavy atom. The van der Waals surface area contributed by atoms with E-state index in [0.717, 1.165) is 0 Å². The Balaban J connectivity index is 3.15. The first kappa shape index (κ1) is 18.7. The molecule has 0 saturated carbocycles. The molecule has 0 saturated heterocycles. The molecule has 0 atom stereocenters. The van der Waals surface area contributed by atoms with Crippen molar-refractivity contribution in [1.29, 1.82) is 15.8 Å². The fourth-order valence-corrected chi connectivity index (χ4v) is 3.11. The van der Waals surface area contributed by atoms with Gasteiger partial charge in [-0.3, -0.25) is 4.79 Å². The van der Waals surface area contributed by atoms with Crippen molar-refractivity contribution < 1.29 is 9.53 Å². The largest absolute Gasteiger partial charge is 0.466 e. The highest BCUT2D eigenvalue weighted by atomic mass is 79.9. The zero-order chi connectivity index (χ0) is 17.4. The number of carbonyl (C=O) groups is 1. The van der Waals surface area contributed by atoms with Gasteiger partial charge in [-0.15, -0.1) is 0 Å². The van der Waals surface area contributed by atoms with E-state index in [1.807, 2.05) is 0 Å². The van der Waals surface area contributed by atoms with Gasteiger partial charge >= 0.3 is 5.97 Å². The lowest BCUT2D eigenvalue weighted by Crippen LogP contribution is -2.08. The topological polar surface area (TPSA) is 110 Å². The molecule has 0 spiro atoms. The molecule has 1 aromatic carbocycles. The molecule has 0 aliphatic heterocycles. The molecular weight excluding hydrogens is 428 g/mol. The zero-order valence-electron chi connectivity index (χ0n) is 12.0. The number of ether oxygens (including phenoxy) is 1. The van der Waals surface area contributed by atoms with Crippen LogP contribution in [0.2, 0.25) is 0 Å². The lowest BCUT2D eigenvalue weighted by molar-refractivity contribution is -0.142. The number of nitriles is 3. The van der Waals surface area contributed by atoms with Crippen LogP contribution >= 0.6 is 31.9 Å². The van der Waals surface area contributed by atoms with Crippen LogP contribution < -0.4 is 5.32 Å². The van der Waals surface area contributed by atoms with Crippen LogP contribution in [0.15, 0.2) is 32.3 Å². The Morgan fingerprint density at radius 3 is 2.17 bits per heavy atom. The predicted molar refractivity (Wildman–Crippen MR) is 89.7 cm³/mol. The third-order valence-electron chi connectivity index (χ3n) is 2.59. The SMILES string of the molecule is CCOC(=O)Cc1cc(Br)c(NC(C#N)=C(C#N)C#N)c(Br)c1. The number of carbonyl (C=O) groups excluding carboxylic acids is 1. The van der Waals surface area contributed by atoms with Gasteiger partial charge in [-0.25, -0.2) is 0 Å². The maximum Gasteiger partial charge on any atom is 0.310 e. The molecule has 0 heterocycles. The van der Waals surface area contributed by atoms with E-state index in [1.54, 1.807) is 37.3 Å². The first-order valence-electron chi connectivity index (χ1n) is 6.31. The van der Waals surface area contributed by atoms with E-state index in [-0.39, 0.29) is 23.7 Å². The molecule has 0 aliphatic rings. The smallest absolute Gasteiger partial charge is 0.310 e. The Hall–Kier alpha value is -2.34. The van der Waals surface area contributed by atoms with E-state index < -0.39 is 0 Å². The van der Waals surface area contributed by atoms with Crippen LogP contribution in [0.4, 0.5) is 5.69 Å². The van der Waals surface area contributed by atoms with Gasteiger partial charge in [-0.1, -0.05) is 0 Å². The van der Waals surface area contributed by atoms with E-state index in [1.165, 1.54) is 0 Å². The Morgan fingerprint density at radius 2 is 1.74 bits per heavy atom. The molecule has 1 N–H and O–H groups in total. The zero-order valence-corrected chi connectivity index (χ0v) is 15.2. The second kappa shape index (κ2) is 8.95. The van der Waals surface area contributed by atoms with Crippen molar-refractivity contribution >= 4 is 43.5 Å². The van der Waals surface area contributed by atoms with E-state index in [2.05, 4.69) is 37.2 Å². The van der Waals surface area contributed by atoms with Crippen molar-refractivity contribution in [3.05, 3.63) is 37.9 Å². The Labute approximate surface area is 150 Å². The summed E-state index contributed by atoms with van der Waals surface area (Å²) in [6.07, 6.45) is 0.105. The highest BCUT2D eigenvalue weighted by Gasteiger charge is 2.14. The molecule has 0 amide bonds. The Kier molecular flexibility index (Phi) is 7.28. The van der Waals surface area contributed by atoms with Crippen molar-refractivity contribution in [2.24, 2.45) is 0 Å². The Bertz CT molecular complexity index is 743. The molecule has 8 heteroatoms. The van der Waals surface area contributed by atoms with Crippen LogP contribution in [-0.4, -0.2) is 12.6 Å². The molecule has 0 aromatic heterocycles. The maximum atomic E-state index is 11.5. The average Bonchev–Trinajstić information content (AvgIpc) is 2.50. The lowest BCUT2D eigenvalue weighted by atomic mass is 10.1. The number of benzene rings is 1. The van der Waals surface area contributed by atoms with Gasteiger partial charge in [0, 0.05) is 8.95 Å². The van der Waals surface area contributed by atoms with Gasteiger partial charge in [0.15, 0.2) is 5.57 Å². The minimum Gasteiger partial charge on any atom is -0.466 e. The molecule has 0 unspecified atom stereocenters. The molecule has 0 bridgehead atoms. The number of halogens is 2. The van der Waals surface area contributed by atoms with Crippen molar-refractivity contribution in [1.82, 2.24) is 0 Å². The summed E-state index contributed by atoms with van der Waals surface area (Å²) in [5.41, 5.74) is 0.699. The minimum atomic E-state index is -0.346. The van der Waals surface area contributed by atoms with Crippen molar-refractivity contribution in [2.45, 2.75) is 13.3 Å². The van der Waals surface area contributed by atoms with Gasteiger partial charge < -0.3 is 10.1 Å². The van der Waals surface area contributed by atoms with E-state index >= 15 is 0 Å².